The van der Waals surface area contributed by atoms with Crippen LogP contribution < -0.4 is 16.2 Å². The Morgan fingerprint density at radius 3 is 2.56 bits per heavy atom. The van der Waals surface area contributed by atoms with Crippen molar-refractivity contribution in [2.75, 3.05) is 7.11 Å². The van der Waals surface area contributed by atoms with E-state index < -0.39 is 32.2 Å². The average molecular weight is 388 g/mol. The Morgan fingerprint density at radius 2 is 1.93 bits per heavy atom. The van der Waals surface area contributed by atoms with Gasteiger partial charge in [-0.1, -0.05) is 18.2 Å². The number of nitrogens with two attached hydrogens (primary N) is 1. The average Bonchev–Trinajstić information content (AvgIpc) is 2.98. The first-order valence-electron chi connectivity index (χ1n) is 7.78. The van der Waals surface area contributed by atoms with E-state index in [4.69, 9.17) is 14.9 Å². The highest BCUT2D eigenvalue weighted by Crippen LogP contribution is 2.21. The van der Waals surface area contributed by atoms with Gasteiger partial charge >= 0.3 is 5.76 Å². The van der Waals surface area contributed by atoms with Crippen LogP contribution in [0.5, 0.6) is 5.75 Å². The summed E-state index contributed by atoms with van der Waals surface area (Å²) in [5.74, 6) is -1.50. The number of carbonyl (C=O) groups excluding carboxylic acids is 1. The van der Waals surface area contributed by atoms with Crippen LogP contribution in [0.3, 0.4) is 0 Å². The minimum absolute atomic E-state index is 0.318. The summed E-state index contributed by atoms with van der Waals surface area (Å²) in [6, 6.07) is 10.9. The van der Waals surface area contributed by atoms with E-state index in [1.165, 1.54) is 31.4 Å². The van der Waals surface area contributed by atoms with Crippen LogP contribution in [-0.2, 0) is 20.4 Å². The first-order valence-corrected chi connectivity index (χ1v) is 9.44. The van der Waals surface area contributed by atoms with Crippen molar-refractivity contribution in [2.45, 2.75) is 5.75 Å². The zero-order chi connectivity index (χ0) is 19.6. The normalized spacial score (nSPS) is 12.3. The number of ether oxygens (including phenoxy) is 1. The predicted octanol–water partition coefficient (Wildman–Crippen LogP) is 1.57. The molecule has 27 heavy (non-hydrogen) atoms. The molecule has 2 aromatic carbocycles. The third-order valence-electron chi connectivity index (χ3n) is 3.83. The van der Waals surface area contributed by atoms with Crippen LogP contribution in [0.15, 0.2) is 56.6 Å². The lowest BCUT2D eigenvalue weighted by Gasteiger charge is -2.07. The molecular weight excluding hydrogens is 372 g/mol. The van der Waals surface area contributed by atoms with Gasteiger partial charge in [0.25, 0.3) is 5.91 Å². The molecule has 0 aliphatic heterocycles. The second-order valence-electron chi connectivity index (χ2n) is 5.75. The second kappa shape index (κ2) is 7.12. The molecule has 0 saturated heterocycles. The summed E-state index contributed by atoms with van der Waals surface area (Å²) in [7, 11) is -2.49. The van der Waals surface area contributed by atoms with Gasteiger partial charge < -0.3 is 14.9 Å². The highest BCUT2D eigenvalue weighted by molar-refractivity contribution is 7.95. The zero-order valence-electron chi connectivity index (χ0n) is 14.3. The SMILES string of the molecule is COc1ccc(CS(=O)(=O)/C(=C\c2ccc3oc(=O)[nH]c3c2)C(N)=O)cc1. The number of hydrogen-bond acceptors (Lipinski definition) is 6. The molecular formula is C18H16N2O6S. The number of hydrogen-bond donors (Lipinski definition) is 2. The minimum Gasteiger partial charge on any atom is -0.497 e. The van der Waals surface area contributed by atoms with Gasteiger partial charge in [0.15, 0.2) is 15.4 Å². The maximum absolute atomic E-state index is 12.7. The minimum atomic E-state index is -3.99. The van der Waals surface area contributed by atoms with E-state index >= 15 is 0 Å². The summed E-state index contributed by atoms with van der Waals surface area (Å²) in [6.07, 6.45) is 1.17. The van der Waals surface area contributed by atoms with Crippen molar-refractivity contribution in [3.63, 3.8) is 0 Å². The quantitative estimate of drug-likeness (QED) is 0.616. The van der Waals surface area contributed by atoms with E-state index in [0.717, 1.165) is 0 Å². The van der Waals surface area contributed by atoms with Crippen molar-refractivity contribution in [1.82, 2.24) is 4.98 Å². The summed E-state index contributed by atoms with van der Waals surface area (Å²) in [4.78, 5) is 24.9. The highest BCUT2D eigenvalue weighted by atomic mass is 32.2. The molecule has 3 rings (SSSR count). The summed E-state index contributed by atoms with van der Waals surface area (Å²) >= 11 is 0. The predicted molar refractivity (Wildman–Crippen MR) is 99.6 cm³/mol. The summed E-state index contributed by atoms with van der Waals surface area (Å²) in [5.41, 5.74) is 6.87. The molecule has 0 aliphatic rings. The monoisotopic (exact) mass is 388 g/mol. The number of fused-ring (bicyclic) bond motifs is 1. The second-order valence-corrected chi connectivity index (χ2v) is 7.71. The number of carbonyl (C=O) groups is 1. The number of nitrogens with one attached hydrogen (secondary N) is 1. The standard InChI is InChI=1S/C18H16N2O6S/c1-25-13-5-2-11(3-6-13)10-27(23,24)16(17(19)21)9-12-4-7-15-14(8-12)20-18(22)26-15/h2-9H,10H2,1H3,(H2,19,21)(H,20,22)/b16-9-. The number of amides is 1. The van der Waals surface area contributed by atoms with Gasteiger partial charge in [-0.3, -0.25) is 9.78 Å². The van der Waals surface area contributed by atoms with Crippen LogP contribution in [0.1, 0.15) is 11.1 Å². The van der Waals surface area contributed by atoms with Gasteiger partial charge in [0.2, 0.25) is 0 Å². The maximum Gasteiger partial charge on any atom is 0.417 e. The van der Waals surface area contributed by atoms with E-state index in [1.54, 1.807) is 24.3 Å². The van der Waals surface area contributed by atoms with Gasteiger partial charge in [-0.05, 0) is 41.5 Å². The van der Waals surface area contributed by atoms with Crippen LogP contribution in [0.25, 0.3) is 17.2 Å². The van der Waals surface area contributed by atoms with Gasteiger partial charge in [-0.2, -0.15) is 0 Å². The molecule has 0 unspecified atom stereocenters. The number of H-pyrrole nitrogens is 1. The molecule has 3 N–H and O–H groups in total. The van der Waals surface area contributed by atoms with E-state index in [0.29, 0.717) is 28.0 Å². The Hall–Kier alpha value is -3.33. The number of oxazole rings is 1. The Bertz CT molecular complexity index is 1190. The fourth-order valence-corrected chi connectivity index (χ4v) is 3.95. The largest absolute Gasteiger partial charge is 0.497 e. The molecule has 9 heteroatoms. The Labute approximate surface area is 154 Å². The molecule has 140 valence electrons. The number of aromatic amines is 1. The van der Waals surface area contributed by atoms with Gasteiger partial charge in [-0.25, -0.2) is 13.2 Å². The lowest BCUT2D eigenvalue weighted by atomic mass is 10.2. The highest BCUT2D eigenvalue weighted by Gasteiger charge is 2.23. The number of rotatable bonds is 6. The first kappa shape index (κ1) is 18.5. The summed E-state index contributed by atoms with van der Waals surface area (Å²) in [6.45, 7) is 0. The molecule has 0 saturated carbocycles. The number of benzene rings is 2. The van der Waals surface area contributed by atoms with Gasteiger partial charge in [0, 0.05) is 0 Å². The maximum atomic E-state index is 12.7. The molecule has 1 aromatic heterocycles. The molecule has 0 radical (unpaired) electrons. The van der Waals surface area contributed by atoms with Gasteiger partial charge in [-0.15, -0.1) is 0 Å². The Morgan fingerprint density at radius 1 is 1.22 bits per heavy atom. The fourth-order valence-electron chi connectivity index (χ4n) is 2.54. The Balaban J connectivity index is 1.97. The van der Waals surface area contributed by atoms with Crippen molar-refractivity contribution >= 4 is 32.9 Å². The molecule has 0 atom stereocenters. The van der Waals surface area contributed by atoms with Crippen LogP contribution in [0.4, 0.5) is 0 Å². The molecule has 8 nitrogen and oxygen atoms in total. The molecule has 1 heterocycles. The van der Waals surface area contributed by atoms with E-state index in [-0.39, 0.29) is 0 Å². The molecule has 1 amide bonds. The fraction of sp³-hybridized carbons (Fsp3) is 0.111. The van der Waals surface area contributed by atoms with Crippen LogP contribution >= 0.6 is 0 Å². The lowest BCUT2D eigenvalue weighted by Crippen LogP contribution is -2.22. The van der Waals surface area contributed by atoms with E-state index in [9.17, 15) is 18.0 Å². The first-order chi connectivity index (χ1) is 12.8. The topological polar surface area (TPSA) is 132 Å². The number of primary amides is 1. The van der Waals surface area contributed by atoms with Crippen molar-refractivity contribution in [3.05, 3.63) is 69.0 Å². The molecule has 0 bridgehead atoms. The summed E-state index contributed by atoms with van der Waals surface area (Å²) < 4.78 is 35.3. The number of methoxy groups -OCH3 is 1. The van der Waals surface area contributed by atoms with Crippen LogP contribution in [0.2, 0.25) is 0 Å². The zero-order valence-corrected chi connectivity index (χ0v) is 15.1. The molecule has 0 fully saturated rings. The Kier molecular flexibility index (Phi) is 4.87. The van der Waals surface area contributed by atoms with Crippen molar-refractivity contribution < 1.29 is 22.4 Å². The molecule has 0 aliphatic carbocycles. The van der Waals surface area contributed by atoms with Gasteiger partial charge in [0.05, 0.1) is 18.4 Å². The van der Waals surface area contributed by atoms with Crippen LogP contribution in [0, 0.1) is 0 Å². The van der Waals surface area contributed by atoms with Crippen molar-refractivity contribution in [2.24, 2.45) is 5.73 Å². The lowest BCUT2D eigenvalue weighted by molar-refractivity contribution is -0.113. The van der Waals surface area contributed by atoms with Crippen molar-refractivity contribution in [1.29, 1.82) is 0 Å². The smallest absolute Gasteiger partial charge is 0.417 e. The molecule has 0 spiro atoms. The van der Waals surface area contributed by atoms with Crippen molar-refractivity contribution in [3.8, 4) is 5.75 Å². The third kappa shape index (κ3) is 4.09. The van der Waals surface area contributed by atoms with Gasteiger partial charge in [0.1, 0.15) is 10.7 Å². The third-order valence-corrected chi connectivity index (χ3v) is 5.54. The molecule has 3 aromatic rings. The van der Waals surface area contributed by atoms with E-state index in [1.807, 2.05) is 0 Å². The summed E-state index contributed by atoms with van der Waals surface area (Å²) in [5, 5.41) is 0. The number of aromatic nitrogens is 1. The van der Waals surface area contributed by atoms with Crippen LogP contribution in [-0.4, -0.2) is 26.4 Å². The van der Waals surface area contributed by atoms with E-state index in [2.05, 4.69) is 4.98 Å². The number of sulfone groups is 1.